The van der Waals surface area contributed by atoms with Gasteiger partial charge in [-0.2, -0.15) is 5.10 Å². The minimum Gasteiger partial charge on any atom is -0.497 e. The van der Waals surface area contributed by atoms with Gasteiger partial charge in [-0.25, -0.2) is 9.48 Å². The number of hydrogen-bond acceptors (Lipinski definition) is 4. The highest BCUT2D eigenvalue weighted by molar-refractivity contribution is 6.31. The Morgan fingerprint density at radius 1 is 1.08 bits per heavy atom. The van der Waals surface area contributed by atoms with Crippen LogP contribution >= 0.6 is 11.6 Å². The van der Waals surface area contributed by atoms with Crippen molar-refractivity contribution in [3.8, 4) is 11.4 Å². The predicted octanol–water partition coefficient (Wildman–Crippen LogP) is 6.27. The molecule has 0 radical (unpaired) electrons. The number of benzene rings is 2. The Balaban J connectivity index is 1.82. The number of carbonyl (C=O) groups is 2. The molecule has 0 atom stereocenters. The van der Waals surface area contributed by atoms with Crippen LogP contribution < -0.4 is 15.4 Å². The van der Waals surface area contributed by atoms with Crippen molar-refractivity contribution in [2.75, 3.05) is 30.8 Å². The number of aryl methyl sites for hydroxylation is 1. The fourth-order valence-electron chi connectivity index (χ4n) is 3.65. The molecule has 2 aromatic carbocycles. The number of ether oxygens (including phenoxy) is 1. The fourth-order valence-corrected chi connectivity index (χ4v) is 3.83. The lowest BCUT2D eigenvalue weighted by Gasteiger charge is -2.24. The van der Waals surface area contributed by atoms with Crippen molar-refractivity contribution in [2.24, 2.45) is 5.92 Å². The van der Waals surface area contributed by atoms with Crippen molar-refractivity contribution >= 4 is 35.0 Å². The molecule has 2 N–H and O–H groups in total. The number of carbonyl (C=O) groups excluding carboxylic acids is 2. The summed E-state index contributed by atoms with van der Waals surface area (Å²) in [6, 6.07) is 14.2. The summed E-state index contributed by atoms with van der Waals surface area (Å²) in [5, 5.41) is 11.1. The van der Waals surface area contributed by atoms with E-state index in [0.29, 0.717) is 23.1 Å². The number of rotatable bonds is 8. The molecule has 9 heteroatoms. The largest absolute Gasteiger partial charge is 0.497 e. The SMILES string of the molecule is COc1ccc(-n2nc(C(C)(C)C)cc2NC(=O)CN(CC(C)C)C(=O)Nc2ccc(C)c(Cl)c2)cc1. The van der Waals surface area contributed by atoms with Gasteiger partial charge < -0.3 is 20.3 Å². The minimum absolute atomic E-state index is 0.123. The van der Waals surface area contributed by atoms with Crippen LogP contribution in [0.5, 0.6) is 5.75 Å². The number of urea groups is 1. The van der Waals surface area contributed by atoms with Gasteiger partial charge in [0.15, 0.2) is 0 Å². The van der Waals surface area contributed by atoms with Crippen molar-refractivity contribution < 1.29 is 14.3 Å². The minimum atomic E-state index is -0.372. The van der Waals surface area contributed by atoms with E-state index in [1.807, 2.05) is 57.2 Å². The lowest BCUT2D eigenvalue weighted by atomic mass is 9.92. The van der Waals surface area contributed by atoms with Crippen molar-refractivity contribution in [3.05, 3.63) is 64.8 Å². The van der Waals surface area contributed by atoms with Crippen molar-refractivity contribution in [2.45, 2.75) is 47.0 Å². The van der Waals surface area contributed by atoms with Gasteiger partial charge in [-0.3, -0.25) is 4.79 Å². The van der Waals surface area contributed by atoms with Crippen LogP contribution in [0, 0.1) is 12.8 Å². The molecule has 0 aliphatic rings. The lowest BCUT2D eigenvalue weighted by molar-refractivity contribution is -0.116. The third-order valence-electron chi connectivity index (χ3n) is 5.69. The zero-order valence-electron chi connectivity index (χ0n) is 22.6. The summed E-state index contributed by atoms with van der Waals surface area (Å²) in [6.45, 7) is 12.4. The maximum absolute atomic E-state index is 13.2. The van der Waals surface area contributed by atoms with Gasteiger partial charge in [-0.1, -0.05) is 52.3 Å². The van der Waals surface area contributed by atoms with Crippen molar-refractivity contribution in [1.82, 2.24) is 14.7 Å². The Bertz CT molecular complexity index is 1250. The van der Waals surface area contributed by atoms with E-state index < -0.39 is 0 Å². The molecule has 3 aromatic rings. The first-order chi connectivity index (χ1) is 17.4. The Hall–Kier alpha value is -3.52. The number of nitrogens with one attached hydrogen (secondary N) is 2. The third-order valence-corrected chi connectivity index (χ3v) is 6.10. The highest BCUT2D eigenvalue weighted by Gasteiger charge is 2.23. The molecule has 8 nitrogen and oxygen atoms in total. The van der Waals surface area contributed by atoms with E-state index in [1.165, 1.54) is 4.90 Å². The van der Waals surface area contributed by atoms with E-state index in [4.69, 9.17) is 21.4 Å². The summed E-state index contributed by atoms with van der Waals surface area (Å²) in [5.74, 6) is 1.09. The fraction of sp³-hybridized carbons (Fsp3) is 0.393. The first kappa shape index (κ1) is 28.1. The van der Waals surface area contributed by atoms with Crippen LogP contribution in [0.1, 0.15) is 45.9 Å². The quantitative estimate of drug-likeness (QED) is 0.363. The first-order valence-corrected chi connectivity index (χ1v) is 12.6. The summed E-state index contributed by atoms with van der Waals surface area (Å²) >= 11 is 6.21. The number of amides is 3. The van der Waals surface area contributed by atoms with Crippen LogP contribution in [0.25, 0.3) is 5.69 Å². The Morgan fingerprint density at radius 2 is 1.76 bits per heavy atom. The molecule has 0 saturated carbocycles. The second-order valence-electron chi connectivity index (χ2n) is 10.5. The molecule has 1 heterocycles. The van der Waals surface area contributed by atoms with Crippen LogP contribution in [0.4, 0.5) is 16.3 Å². The molecule has 0 bridgehead atoms. The summed E-state index contributed by atoms with van der Waals surface area (Å²) < 4.78 is 6.96. The smallest absolute Gasteiger partial charge is 0.322 e. The number of aromatic nitrogens is 2. The van der Waals surface area contributed by atoms with Gasteiger partial charge in [0, 0.05) is 28.7 Å². The molecule has 0 saturated heterocycles. The maximum Gasteiger partial charge on any atom is 0.322 e. The topological polar surface area (TPSA) is 88.5 Å². The number of halogens is 1. The highest BCUT2D eigenvalue weighted by Crippen LogP contribution is 2.27. The van der Waals surface area contributed by atoms with Crippen molar-refractivity contribution in [1.29, 1.82) is 0 Å². The average Bonchev–Trinajstić information content (AvgIpc) is 3.25. The predicted molar refractivity (Wildman–Crippen MR) is 149 cm³/mol. The van der Waals surface area contributed by atoms with Gasteiger partial charge >= 0.3 is 6.03 Å². The van der Waals surface area contributed by atoms with Gasteiger partial charge in [0.2, 0.25) is 5.91 Å². The van der Waals surface area contributed by atoms with E-state index in [0.717, 1.165) is 22.7 Å². The first-order valence-electron chi connectivity index (χ1n) is 12.2. The molecule has 0 unspecified atom stereocenters. The number of hydrogen-bond donors (Lipinski definition) is 2. The molecule has 37 heavy (non-hydrogen) atoms. The zero-order chi connectivity index (χ0) is 27.3. The van der Waals surface area contributed by atoms with Crippen molar-refractivity contribution in [3.63, 3.8) is 0 Å². The van der Waals surface area contributed by atoms with E-state index in [9.17, 15) is 9.59 Å². The van der Waals surface area contributed by atoms with E-state index >= 15 is 0 Å². The lowest BCUT2D eigenvalue weighted by Crippen LogP contribution is -2.42. The number of nitrogens with zero attached hydrogens (tertiary/aromatic N) is 3. The second-order valence-corrected chi connectivity index (χ2v) is 10.9. The molecule has 0 aliphatic heterocycles. The molecule has 3 amide bonds. The van der Waals surface area contributed by atoms with Gasteiger partial charge in [-0.15, -0.1) is 0 Å². The molecule has 198 valence electrons. The molecular weight excluding hydrogens is 490 g/mol. The third kappa shape index (κ3) is 7.49. The monoisotopic (exact) mass is 525 g/mol. The second kappa shape index (κ2) is 11.7. The zero-order valence-corrected chi connectivity index (χ0v) is 23.3. The van der Waals surface area contributed by atoms with Gasteiger partial charge in [0.25, 0.3) is 0 Å². The molecule has 0 spiro atoms. The van der Waals surface area contributed by atoms with Gasteiger partial charge in [0.05, 0.1) is 18.5 Å². The van der Waals surface area contributed by atoms with E-state index in [2.05, 4.69) is 31.4 Å². The van der Waals surface area contributed by atoms with Crippen LogP contribution in [0.15, 0.2) is 48.5 Å². The average molecular weight is 526 g/mol. The number of methoxy groups -OCH3 is 1. The standard InChI is InChI=1S/C28H36ClN5O3/c1-18(2)16-33(27(36)30-20-9-8-19(3)23(29)14-20)17-26(35)31-25-15-24(28(4,5)6)32-34(25)21-10-12-22(37-7)13-11-21/h8-15,18H,16-17H2,1-7H3,(H,30,36)(H,31,35). The van der Waals surface area contributed by atoms with E-state index in [1.54, 1.807) is 23.9 Å². The highest BCUT2D eigenvalue weighted by atomic mass is 35.5. The summed E-state index contributed by atoms with van der Waals surface area (Å²) in [4.78, 5) is 27.8. The summed E-state index contributed by atoms with van der Waals surface area (Å²) in [7, 11) is 1.61. The summed E-state index contributed by atoms with van der Waals surface area (Å²) in [5.41, 5.74) is 2.87. The molecule has 0 fully saturated rings. The maximum atomic E-state index is 13.2. The molecular formula is C28H36ClN5O3. The Labute approximate surface area is 223 Å². The van der Waals surface area contributed by atoms with E-state index in [-0.39, 0.29) is 29.8 Å². The molecule has 3 rings (SSSR count). The number of anilines is 2. The van der Waals surface area contributed by atoms with Crippen LogP contribution in [0.3, 0.4) is 0 Å². The van der Waals surface area contributed by atoms with Crippen LogP contribution in [-0.4, -0.2) is 46.8 Å². The molecule has 0 aliphatic carbocycles. The Morgan fingerprint density at radius 3 is 2.32 bits per heavy atom. The van der Waals surface area contributed by atoms with Gasteiger partial charge in [0.1, 0.15) is 18.1 Å². The van der Waals surface area contributed by atoms with Gasteiger partial charge in [-0.05, 0) is 54.8 Å². The van der Waals surface area contributed by atoms with Crippen LogP contribution in [0.2, 0.25) is 5.02 Å². The molecule has 1 aromatic heterocycles. The normalized spacial score (nSPS) is 11.4. The summed E-state index contributed by atoms with van der Waals surface area (Å²) in [6.07, 6.45) is 0. The van der Waals surface area contributed by atoms with Crippen LogP contribution in [-0.2, 0) is 10.2 Å². The Kier molecular flexibility index (Phi) is 8.86.